The maximum absolute atomic E-state index is 14.4. The molecule has 0 amide bonds. The van der Waals surface area contributed by atoms with Crippen LogP contribution in [0.25, 0.3) is 43.9 Å². The summed E-state index contributed by atoms with van der Waals surface area (Å²) in [5.74, 6) is 0.821. The molecule has 0 bridgehead atoms. The van der Waals surface area contributed by atoms with E-state index >= 15 is 0 Å². The van der Waals surface area contributed by atoms with Gasteiger partial charge in [-0.1, -0.05) is 190 Å². The van der Waals surface area contributed by atoms with Crippen LogP contribution < -0.4 is 9.05 Å². The molecule has 0 aliphatic carbocycles. The van der Waals surface area contributed by atoms with Crippen molar-refractivity contribution in [3.05, 3.63) is 142 Å². The minimum atomic E-state index is -3.99. The highest BCUT2D eigenvalue weighted by atomic mass is 32.2. The molecule has 11 heteroatoms. The van der Waals surface area contributed by atoms with Crippen molar-refractivity contribution in [2.75, 3.05) is 0 Å². The van der Waals surface area contributed by atoms with Crippen molar-refractivity contribution < 1.29 is 34.3 Å². The molecule has 79 heavy (non-hydrogen) atoms. The monoisotopic (exact) mass is 1130 g/mol. The number of rotatable bonds is 6. The lowest BCUT2D eigenvalue weighted by Crippen LogP contribution is -2.17. The molecule has 0 N–H and O–H groups in total. The maximum atomic E-state index is 14.4. The first-order valence-electron chi connectivity index (χ1n) is 27.8. The Bertz CT molecular complexity index is 3400. The molecule has 0 aliphatic rings. The second-order valence-corrected chi connectivity index (χ2v) is 34.0. The smallest absolute Gasteiger partial charge is 0.391 e. The highest BCUT2D eigenvalue weighted by Gasteiger charge is 2.32. The van der Waals surface area contributed by atoms with Crippen LogP contribution in [-0.4, -0.2) is 8.42 Å². The van der Waals surface area contributed by atoms with Crippen molar-refractivity contribution in [3.63, 3.8) is 0 Å². The summed E-state index contributed by atoms with van der Waals surface area (Å²) in [6.45, 7) is 53.3. The average Bonchev–Trinajstić information content (AvgIpc) is 3.91. The van der Waals surface area contributed by atoms with Gasteiger partial charge in [-0.25, -0.2) is 8.42 Å². The molecule has 0 aliphatic heterocycles. The van der Waals surface area contributed by atoms with E-state index in [1.54, 1.807) is 48.5 Å². The number of sulfone groups is 1. The molecular weight excluding hydrogens is 1040 g/mol. The quantitative estimate of drug-likeness (QED) is 0.162. The van der Waals surface area contributed by atoms with Crippen LogP contribution in [0.2, 0.25) is 0 Å². The fourth-order valence-electron chi connectivity index (χ4n) is 9.75. The Balaban J connectivity index is 1.20. The lowest BCUT2D eigenvalue weighted by Gasteiger charge is -2.27. The minimum Gasteiger partial charge on any atom is -0.391 e. The molecule has 0 radical (unpaired) electrons. The molecule has 0 saturated carbocycles. The van der Waals surface area contributed by atoms with Gasteiger partial charge in [0, 0.05) is 43.8 Å². The van der Waals surface area contributed by atoms with Crippen molar-refractivity contribution in [2.45, 2.75) is 219 Å². The van der Waals surface area contributed by atoms with Crippen LogP contribution in [0.15, 0.2) is 124 Å². The number of hydrogen-bond donors (Lipinski definition) is 0. The van der Waals surface area contributed by atoms with E-state index in [0.29, 0.717) is 11.5 Å². The summed E-state index contributed by atoms with van der Waals surface area (Å²) in [6.07, 6.45) is 0. The summed E-state index contributed by atoms with van der Waals surface area (Å²) in [4.78, 5) is 0.215. The van der Waals surface area contributed by atoms with Crippen molar-refractivity contribution in [2.24, 2.45) is 0 Å². The number of fused-ring (bicyclic) bond motifs is 6. The zero-order valence-electron chi connectivity index (χ0n) is 51.8. The average molecular weight is 1130 g/mol. The molecule has 0 unspecified atom stereocenters. The predicted molar refractivity (Wildman–Crippen MR) is 333 cm³/mol. The topological polar surface area (TPSA) is 105 Å². The van der Waals surface area contributed by atoms with E-state index in [-0.39, 0.29) is 53.1 Å². The first kappa shape index (κ1) is 59.8. The lowest BCUT2D eigenvalue weighted by atomic mass is 9.77. The van der Waals surface area contributed by atoms with Crippen molar-refractivity contribution in [3.8, 4) is 11.5 Å². The van der Waals surface area contributed by atoms with Crippen molar-refractivity contribution in [1.29, 1.82) is 0 Å². The Kier molecular flexibility index (Phi) is 15.1. The fraction of sp³-hybridized carbons (Fsp3) is 0.471. The van der Waals surface area contributed by atoms with Gasteiger partial charge in [0.2, 0.25) is 9.84 Å². The Morgan fingerprint density at radius 2 is 0.506 bits per heavy atom. The second-order valence-electron chi connectivity index (χ2n) is 30.0. The molecule has 8 rings (SSSR count). The molecule has 0 fully saturated rings. The van der Waals surface area contributed by atoms with E-state index in [9.17, 15) is 8.42 Å². The highest BCUT2D eigenvalue weighted by Crippen LogP contribution is 2.49. The van der Waals surface area contributed by atoms with Crippen LogP contribution in [0, 0.1) is 0 Å². The molecule has 0 atom stereocenters. The highest BCUT2D eigenvalue weighted by molar-refractivity contribution is 7.91. The predicted octanol–water partition coefficient (Wildman–Crippen LogP) is 21.8. The lowest BCUT2D eigenvalue weighted by molar-refractivity contribution is 0.486. The van der Waals surface area contributed by atoms with Crippen LogP contribution >= 0.6 is 16.5 Å². The number of hydrogen-bond acceptors (Lipinski definition) is 8. The molecule has 8 aromatic rings. The molecule has 2 heterocycles. The molecule has 8 nitrogen and oxygen atoms in total. The zero-order chi connectivity index (χ0) is 58.8. The van der Waals surface area contributed by atoms with E-state index in [1.807, 2.05) is 0 Å². The van der Waals surface area contributed by atoms with E-state index in [0.717, 1.165) is 66.1 Å². The van der Waals surface area contributed by atoms with Crippen LogP contribution in [-0.2, 0) is 53.2 Å². The molecule has 0 saturated heterocycles. The molecular formula is C68H88O8P2S. The third-order valence-electron chi connectivity index (χ3n) is 14.9. The third kappa shape index (κ3) is 12.5. The molecule has 2 aromatic heterocycles. The summed E-state index contributed by atoms with van der Waals surface area (Å²) >= 11 is 0. The molecule has 6 aromatic carbocycles. The normalized spacial score (nSPS) is 13.7. The van der Waals surface area contributed by atoms with Crippen LogP contribution in [0.1, 0.15) is 211 Å². The number of benzene rings is 6. The Labute approximate surface area is 474 Å². The van der Waals surface area contributed by atoms with E-state index in [4.69, 9.17) is 25.8 Å². The molecule has 0 spiro atoms. The van der Waals surface area contributed by atoms with Gasteiger partial charge in [-0.15, -0.1) is 0 Å². The van der Waals surface area contributed by atoms with Crippen molar-refractivity contribution in [1.82, 2.24) is 0 Å². The Morgan fingerprint density at radius 3 is 0.684 bits per heavy atom. The first-order valence-corrected chi connectivity index (χ1v) is 31.5. The summed E-state index contributed by atoms with van der Waals surface area (Å²) in [5.41, 5.74) is 10.2. The second kappa shape index (κ2) is 20.0. The summed E-state index contributed by atoms with van der Waals surface area (Å²) < 4.78 is 70.1. The SMILES string of the molecule is CC(C)(C)c1cc(C(C)(C)C)c2op(Oc3ccc(S(=O)(=O)c4ccc(Op5oc6c(C(C)(C)C)cc(C(C)(C)C)cc6c6cc(C(C)(C)C)cc(C(C)(C)C)c6o5)cc4)cc3)oc3c(C(C)(C)C)cc(C(C)(C)C)cc3c2c1. The summed E-state index contributed by atoms with van der Waals surface area (Å²) in [6, 6.07) is 31.0. The van der Waals surface area contributed by atoms with Gasteiger partial charge in [-0.2, -0.15) is 0 Å². The Hall–Kier alpha value is -5.33. The van der Waals surface area contributed by atoms with Gasteiger partial charge in [-0.05, 0) is 138 Å². The van der Waals surface area contributed by atoms with Gasteiger partial charge in [0.25, 0.3) is 0 Å². The maximum Gasteiger partial charge on any atom is 0.453 e. The van der Waals surface area contributed by atoms with Crippen LogP contribution in [0.5, 0.6) is 11.5 Å². The summed E-state index contributed by atoms with van der Waals surface area (Å²) in [7, 11) is -8.16. The largest absolute Gasteiger partial charge is 0.453 e. The van der Waals surface area contributed by atoms with Gasteiger partial charge in [-0.3, -0.25) is 0 Å². The van der Waals surface area contributed by atoms with Gasteiger partial charge in [0.05, 0.1) is 9.79 Å². The zero-order valence-corrected chi connectivity index (χ0v) is 54.4. The van der Waals surface area contributed by atoms with Crippen molar-refractivity contribution >= 4 is 70.2 Å². The summed E-state index contributed by atoms with van der Waals surface area (Å²) in [5, 5.41) is 3.87. The molecule has 424 valence electrons. The first-order chi connectivity index (χ1) is 35.9. The third-order valence-corrected chi connectivity index (χ3v) is 18.8. The van der Waals surface area contributed by atoms with E-state index in [2.05, 4.69) is 215 Å². The van der Waals surface area contributed by atoms with Crippen LogP contribution in [0.4, 0.5) is 0 Å². The van der Waals surface area contributed by atoms with Crippen LogP contribution in [0.3, 0.4) is 0 Å². The van der Waals surface area contributed by atoms with E-state index in [1.165, 1.54) is 22.3 Å². The fourth-order valence-corrected chi connectivity index (χ4v) is 13.2. The van der Waals surface area contributed by atoms with Gasteiger partial charge >= 0.3 is 16.5 Å². The standard InChI is InChI=1S/C68H88O8P2S/c1-61(2,3)41-33-49-50-34-42(62(4,5)6)38-54(66(16,17)18)58(50)74-77(73-57(49)53(37-41)65(13,14)15)71-45-25-29-47(30-26-45)79(69,70)48-31-27-46(28-32-48)72-78-75-59-51(35-43(63(7,8)9)39-55(59)67(19,20)21)52-36-44(64(10,11)12)40-56(60(52)76-78)68(22,23)24/h25-40H,1-24H3. The van der Waals surface area contributed by atoms with Gasteiger partial charge in [0.15, 0.2) is 0 Å². The van der Waals surface area contributed by atoms with Gasteiger partial charge in [0.1, 0.15) is 33.8 Å². The minimum absolute atomic E-state index is 0.107. The Morgan fingerprint density at radius 1 is 0.304 bits per heavy atom. The van der Waals surface area contributed by atoms with E-state index < -0.39 is 26.3 Å². The van der Waals surface area contributed by atoms with Gasteiger partial charge < -0.3 is 25.8 Å².